The second kappa shape index (κ2) is 4.10. The van der Waals surface area contributed by atoms with Gasteiger partial charge in [-0.15, -0.1) is 0 Å². The summed E-state index contributed by atoms with van der Waals surface area (Å²) in [7, 11) is -5.15. The van der Waals surface area contributed by atoms with Gasteiger partial charge in [-0.2, -0.15) is 21.6 Å². The quantitative estimate of drug-likeness (QED) is 0.811. The Morgan fingerprint density at radius 2 is 1.83 bits per heavy atom. The summed E-state index contributed by atoms with van der Waals surface area (Å²) >= 11 is 0. The van der Waals surface area contributed by atoms with Crippen molar-refractivity contribution in [3.63, 3.8) is 0 Å². The van der Waals surface area contributed by atoms with Crippen LogP contribution in [0.2, 0.25) is 0 Å². The molecule has 0 spiro atoms. The van der Waals surface area contributed by atoms with Crippen molar-refractivity contribution in [3.05, 3.63) is 0 Å². The van der Waals surface area contributed by atoms with E-state index in [4.69, 9.17) is 4.55 Å². The van der Waals surface area contributed by atoms with Crippen molar-refractivity contribution >= 4 is 10.1 Å². The summed E-state index contributed by atoms with van der Waals surface area (Å²) in [6.07, 6.45) is -1.97. The third kappa shape index (κ3) is 2.15. The molecule has 106 valence electrons. The Morgan fingerprint density at radius 3 is 2.17 bits per heavy atom. The third-order valence-electron chi connectivity index (χ3n) is 4.71. The highest BCUT2D eigenvalue weighted by molar-refractivity contribution is 7.87. The molecule has 0 aromatic heterocycles. The maximum atomic E-state index is 13.0. The zero-order valence-electron chi connectivity index (χ0n) is 10.1. The molecule has 0 saturated heterocycles. The van der Waals surface area contributed by atoms with Crippen LogP contribution in [0.5, 0.6) is 0 Å². The van der Waals surface area contributed by atoms with E-state index in [1.807, 2.05) is 0 Å². The number of rotatable bonds is 3. The average molecular weight is 286 g/mol. The highest BCUT2D eigenvalue weighted by Crippen LogP contribution is 2.53. The lowest BCUT2D eigenvalue weighted by molar-refractivity contribution is -0.164. The van der Waals surface area contributed by atoms with Crippen molar-refractivity contribution < 1.29 is 26.1 Å². The van der Waals surface area contributed by atoms with Gasteiger partial charge < -0.3 is 0 Å². The largest absolute Gasteiger partial charge is 0.410 e. The Labute approximate surface area is 105 Å². The second-order valence-corrected chi connectivity index (χ2v) is 7.69. The Morgan fingerprint density at radius 1 is 1.22 bits per heavy atom. The van der Waals surface area contributed by atoms with Gasteiger partial charge in [-0.1, -0.05) is 6.42 Å². The van der Waals surface area contributed by atoms with Gasteiger partial charge in [0.2, 0.25) is 0 Å². The Bertz CT molecular complexity index is 431. The molecule has 3 nitrogen and oxygen atoms in total. The molecule has 2 aliphatic rings. The van der Waals surface area contributed by atoms with Crippen molar-refractivity contribution in [2.45, 2.75) is 50.0 Å². The van der Waals surface area contributed by atoms with E-state index in [2.05, 4.69) is 0 Å². The molecule has 0 radical (unpaired) electrons. The highest BCUT2D eigenvalue weighted by atomic mass is 32.2. The molecule has 4 atom stereocenters. The predicted molar refractivity (Wildman–Crippen MR) is 59.6 cm³/mol. The van der Waals surface area contributed by atoms with Crippen molar-refractivity contribution in [3.8, 4) is 0 Å². The molecule has 2 saturated carbocycles. The minimum atomic E-state index is -5.15. The van der Waals surface area contributed by atoms with Gasteiger partial charge in [-0.3, -0.25) is 4.55 Å². The lowest BCUT2D eigenvalue weighted by Gasteiger charge is -2.33. The topological polar surface area (TPSA) is 54.4 Å². The first kappa shape index (κ1) is 14.1. The molecule has 2 bridgehead atoms. The van der Waals surface area contributed by atoms with Crippen LogP contribution >= 0.6 is 0 Å². The van der Waals surface area contributed by atoms with E-state index in [0.29, 0.717) is 19.3 Å². The van der Waals surface area contributed by atoms with Crippen LogP contribution in [0.1, 0.15) is 39.0 Å². The number of hydrogen-bond donors (Lipinski definition) is 1. The summed E-state index contributed by atoms with van der Waals surface area (Å²) in [6, 6.07) is 0. The molecule has 0 heterocycles. The van der Waals surface area contributed by atoms with Crippen LogP contribution in [-0.4, -0.2) is 23.9 Å². The molecule has 0 aromatic carbocycles. The van der Waals surface area contributed by atoms with E-state index < -0.39 is 27.5 Å². The lowest BCUT2D eigenvalue weighted by Crippen LogP contribution is -2.50. The molecule has 0 aliphatic heterocycles. The van der Waals surface area contributed by atoms with E-state index in [0.717, 1.165) is 19.3 Å². The maximum absolute atomic E-state index is 13.0. The van der Waals surface area contributed by atoms with E-state index in [9.17, 15) is 21.6 Å². The fourth-order valence-corrected chi connectivity index (χ4v) is 4.21. The number of hydrogen-bond acceptors (Lipinski definition) is 2. The standard InChI is InChI=1S/C11H17F3O3S/c1-10(11(12,13)14,18(15,16)17)6-9-5-7-2-3-8(9)4-7/h7-9H,2-6H2,1H3,(H,15,16,17). The normalized spacial score (nSPS) is 35.7. The van der Waals surface area contributed by atoms with Crippen molar-refractivity contribution in [2.75, 3.05) is 0 Å². The van der Waals surface area contributed by atoms with Gasteiger partial charge in [0.15, 0.2) is 4.75 Å². The SMILES string of the molecule is CC(CC1CC2CCC1C2)(C(F)(F)F)S(=O)(=O)O. The molecular weight excluding hydrogens is 269 g/mol. The molecule has 2 fully saturated rings. The van der Waals surface area contributed by atoms with E-state index in [-0.39, 0.29) is 11.8 Å². The van der Waals surface area contributed by atoms with Gasteiger partial charge in [-0.05, 0) is 50.4 Å². The zero-order chi connectivity index (χ0) is 13.8. The minimum Gasteiger partial charge on any atom is -0.285 e. The van der Waals surface area contributed by atoms with Crippen molar-refractivity contribution in [1.82, 2.24) is 0 Å². The van der Waals surface area contributed by atoms with Gasteiger partial charge in [-0.25, -0.2) is 0 Å². The summed E-state index contributed by atoms with van der Waals surface area (Å²) in [5.74, 6) is 0.398. The maximum Gasteiger partial charge on any atom is 0.410 e. The Hall–Kier alpha value is -0.300. The molecule has 7 heteroatoms. The predicted octanol–water partition coefficient (Wildman–Crippen LogP) is 3.02. The number of alkyl halides is 3. The molecule has 4 unspecified atom stereocenters. The summed E-state index contributed by atoms with van der Waals surface area (Å²) in [5.41, 5.74) is 0. The van der Waals surface area contributed by atoms with Gasteiger partial charge in [0.05, 0.1) is 0 Å². The van der Waals surface area contributed by atoms with Crippen LogP contribution in [-0.2, 0) is 10.1 Å². The van der Waals surface area contributed by atoms with E-state index >= 15 is 0 Å². The molecule has 1 N–H and O–H groups in total. The first-order valence-corrected chi connectivity index (χ1v) is 7.52. The van der Waals surface area contributed by atoms with Crippen LogP contribution in [0.4, 0.5) is 13.2 Å². The van der Waals surface area contributed by atoms with E-state index in [1.54, 1.807) is 0 Å². The smallest absolute Gasteiger partial charge is 0.285 e. The molecule has 18 heavy (non-hydrogen) atoms. The fraction of sp³-hybridized carbons (Fsp3) is 1.00. The molecule has 0 aromatic rings. The van der Waals surface area contributed by atoms with Gasteiger partial charge >= 0.3 is 6.18 Å². The van der Waals surface area contributed by atoms with Crippen LogP contribution in [0.15, 0.2) is 0 Å². The number of halogens is 3. The van der Waals surface area contributed by atoms with Gasteiger partial charge in [0.25, 0.3) is 10.1 Å². The summed E-state index contributed by atoms with van der Waals surface area (Å²) in [6.45, 7) is 0.592. The first-order chi connectivity index (χ1) is 8.04. The zero-order valence-corrected chi connectivity index (χ0v) is 10.9. The second-order valence-electron chi connectivity index (χ2n) is 5.84. The van der Waals surface area contributed by atoms with E-state index in [1.165, 1.54) is 0 Å². The Balaban J connectivity index is 2.22. The van der Waals surface area contributed by atoms with Gasteiger partial charge in [0, 0.05) is 0 Å². The van der Waals surface area contributed by atoms with Crippen LogP contribution in [0, 0.1) is 17.8 Å². The Kier molecular flexibility index (Phi) is 3.21. The summed E-state index contributed by atoms with van der Waals surface area (Å²) in [5, 5.41) is 0. The van der Waals surface area contributed by atoms with Gasteiger partial charge in [0.1, 0.15) is 0 Å². The minimum absolute atomic E-state index is 0.193. The molecule has 0 amide bonds. The monoisotopic (exact) mass is 286 g/mol. The third-order valence-corrected chi connectivity index (χ3v) is 6.24. The van der Waals surface area contributed by atoms with Crippen LogP contribution in [0.3, 0.4) is 0 Å². The van der Waals surface area contributed by atoms with Crippen LogP contribution < -0.4 is 0 Å². The number of fused-ring (bicyclic) bond motifs is 2. The van der Waals surface area contributed by atoms with Crippen molar-refractivity contribution in [2.24, 2.45) is 17.8 Å². The summed E-state index contributed by atoms with van der Waals surface area (Å²) < 4.78 is 67.1. The lowest BCUT2D eigenvalue weighted by atomic mass is 9.82. The van der Waals surface area contributed by atoms with Crippen molar-refractivity contribution in [1.29, 1.82) is 0 Å². The van der Waals surface area contributed by atoms with Crippen LogP contribution in [0.25, 0.3) is 0 Å². The summed E-state index contributed by atoms with van der Waals surface area (Å²) in [4.78, 5) is 0. The molecule has 2 rings (SSSR count). The molecular formula is C11H17F3O3S. The highest BCUT2D eigenvalue weighted by Gasteiger charge is 2.62. The average Bonchev–Trinajstić information content (AvgIpc) is 2.75. The first-order valence-electron chi connectivity index (χ1n) is 6.08. The molecule has 2 aliphatic carbocycles. The fourth-order valence-electron chi connectivity index (χ4n) is 3.49.